The second kappa shape index (κ2) is 10.7. The van der Waals surface area contributed by atoms with Gasteiger partial charge in [0.15, 0.2) is 0 Å². The number of pyridine rings is 1. The number of alkyl halides is 3. The summed E-state index contributed by atoms with van der Waals surface area (Å²) in [7, 11) is 0. The van der Waals surface area contributed by atoms with Gasteiger partial charge < -0.3 is 9.80 Å². The van der Waals surface area contributed by atoms with E-state index < -0.39 is 11.7 Å². The highest BCUT2D eigenvalue weighted by atomic mass is 35.5. The molecule has 0 unspecified atom stereocenters. The number of halogens is 4. The first-order chi connectivity index (χ1) is 17.8. The van der Waals surface area contributed by atoms with E-state index in [9.17, 15) is 18.0 Å². The van der Waals surface area contributed by atoms with Crippen LogP contribution in [-0.4, -0.2) is 66.5 Å². The molecule has 5 rings (SSSR count). The summed E-state index contributed by atoms with van der Waals surface area (Å²) in [6.45, 7) is 4.93. The number of rotatable bonds is 5. The number of carbonyl (C=O) groups excluding carboxylic acids is 1. The Bertz CT molecular complexity index is 1230. The van der Waals surface area contributed by atoms with E-state index in [0.29, 0.717) is 30.8 Å². The van der Waals surface area contributed by atoms with Gasteiger partial charge >= 0.3 is 6.18 Å². The third kappa shape index (κ3) is 5.75. The van der Waals surface area contributed by atoms with Crippen molar-refractivity contribution in [2.24, 2.45) is 5.92 Å². The van der Waals surface area contributed by atoms with Crippen LogP contribution in [0.3, 0.4) is 0 Å². The zero-order valence-corrected chi connectivity index (χ0v) is 21.0. The molecular weight excluding hydrogens is 501 g/mol. The average Bonchev–Trinajstić information content (AvgIpc) is 3.33. The number of carbonyl (C=O) groups is 1. The van der Waals surface area contributed by atoms with Gasteiger partial charge in [-0.15, -0.1) is 0 Å². The van der Waals surface area contributed by atoms with Crippen molar-refractivity contribution in [1.29, 1.82) is 0 Å². The minimum atomic E-state index is -4.42. The van der Waals surface area contributed by atoms with Gasteiger partial charge in [0.05, 0.1) is 11.1 Å². The van der Waals surface area contributed by atoms with Gasteiger partial charge in [-0.1, -0.05) is 48.0 Å². The number of para-hydroxylation sites is 1. The number of hydrogen-bond donors (Lipinski definition) is 0. The summed E-state index contributed by atoms with van der Waals surface area (Å²) in [5, 5.41) is 0.128. The van der Waals surface area contributed by atoms with Crippen molar-refractivity contribution in [2.75, 3.05) is 50.7 Å². The fourth-order valence-corrected chi connectivity index (χ4v) is 5.62. The Balaban J connectivity index is 1.35. The first-order valence-corrected chi connectivity index (χ1v) is 12.8. The highest BCUT2D eigenvalue weighted by molar-refractivity contribution is 6.32. The topological polar surface area (TPSA) is 39.7 Å². The molecule has 2 aliphatic heterocycles. The summed E-state index contributed by atoms with van der Waals surface area (Å²) in [5.74, 6) is -0.466. The molecule has 0 aliphatic carbocycles. The summed E-state index contributed by atoms with van der Waals surface area (Å²) >= 11 is 6.18. The van der Waals surface area contributed by atoms with Crippen molar-refractivity contribution >= 4 is 23.2 Å². The van der Waals surface area contributed by atoms with Crippen LogP contribution in [-0.2, 0) is 6.18 Å². The van der Waals surface area contributed by atoms with Crippen molar-refractivity contribution < 1.29 is 18.0 Å². The molecule has 9 heteroatoms. The summed E-state index contributed by atoms with van der Waals surface area (Å²) in [5.41, 5.74) is 1.44. The standard InChI is InChI=1S/C28H28ClF3N4O/c29-26-24(10-5-11-33-26)27(37)36-18-21(25(19-36)20-6-4-7-22(16-20)28(30,31)32)17-34-12-14-35(15-13-34)23-8-2-1-3-9-23/h1-11,16,21,25H,12-15,17-19H2/t21-,25-/m1/s1. The number of likely N-dealkylation sites (tertiary alicyclic amines) is 1. The molecule has 37 heavy (non-hydrogen) atoms. The quantitative estimate of drug-likeness (QED) is 0.414. The summed E-state index contributed by atoms with van der Waals surface area (Å²) in [6, 6.07) is 19.1. The molecule has 2 aliphatic rings. The van der Waals surface area contributed by atoms with Gasteiger partial charge in [-0.25, -0.2) is 4.98 Å². The minimum Gasteiger partial charge on any atom is -0.369 e. The molecule has 0 spiro atoms. The van der Waals surface area contributed by atoms with E-state index in [4.69, 9.17) is 11.6 Å². The number of hydrogen-bond acceptors (Lipinski definition) is 4. The largest absolute Gasteiger partial charge is 0.416 e. The molecule has 0 N–H and O–H groups in total. The van der Waals surface area contributed by atoms with Crippen LogP contribution in [0.1, 0.15) is 27.4 Å². The van der Waals surface area contributed by atoms with E-state index in [1.807, 2.05) is 18.2 Å². The second-order valence-corrected chi connectivity index (χ2v) is 10.0. The van der Waals surface area contributed by atoms with Crippen LogP contribution >= 0.6 is 11.6 Å². The molecule has 0 saturated carbocycles. The number of benzene rings is 2. The third-order valence-electron chi connectivity index (χ3n) is 7.35. The molecule has 0 bridgehead atoms. The maximum Gasteiger partial charge on any atom is 0.416 e. The van der Waals surface area contributed by atoms with Crippen LogP contribution in [0.5, 0.6) is 0 Å². The fourth-order valence-electron chi connectivity index (χ4n) is 5.42. The van der Waals surface area contributed by atoms with Crippen molar-refractivity contribution in [1.82, 2.24) is 14.8 Å². The van der Waals surface area contributed by atoms with E-state index >= 15 is 0 Å². The van der Waals surface area contributed by atoms with Gasteiger partial charge in [0.25, 0.3) is 5.91 Å². The van der Waals surface area contributed by atoms with E-state index in [-0.39, 0.29) is 22.9 Å². The highest BCUT2D eigenvalue weighted by Gasteiger charge is 2.39. The van der Waals surface area contributed by atoms with E-state index in [2.05, 4.69) is 26.9 Å². The van der Waals surface area contributed by atoms with Gasteiger partial charge in [-0.05, 0) is 41.8 Å². The normalized spacial score (nSPS) is 20.9. The fraction of sp³-hybridized carbons (Fsp3) is 0.357. The predicted molar refractivity (Wildman–Crippen MR) is 138 cm³/mol. The Hall–Kier alpha value is -3.10. The predicted octanol–water partition coefficient (Wildman–Crippen LogP) is 5.43. The summed E-state index contributed by atoms with van der Waals surface area (Å²) in [6.07, 6.45) is -2.90. The molecule has 2 saturated heterocycles. The Labute approximate surface area is 219 Å². The van der Waals surface area contributed by atoms with Crippen molar-refractivity contribution in [3.8, 4) is 0 Å². The van der Waals surface area contributed by atoms with E-state index in [0.717, 1.165) is 32.2 Å². The summed E-state index contributed by atoms with van der Waals surface area (Å²) in [4.78, 5) is 23.7. The molecule has 1 aromatic heterocycles. The molecule has 2 atom stereocenters. The smallest absolute Gasteiger partial charge is 0.369 e. The number of anilines is 1. The first-order valence-electron chi connectivity index (χ1n) is 12.4. The molecule has 2 fully saturated rings. The van der Waals surface area contributed by atoms with Gasteiger partial charge in [0.2, 0.25) is 0 Å². The third-order valence-corrected chi connectivity index (χ3v) is 7.65. The lowest BCUT2D eigenvalue weighted by atomic mass is 9.87. The molecule has 1 amide bonds. The van der Waals surface area contributed by atoms with Gasteiger partial charge in [-0.2, -0.15) is 13.2 Å². The van der Waals surface area contributed by atoms with Crippen LogP contribution in [0.25, 0.3) is 0 Å². The molecular formula is C28H28ClF3N4O. The van der Waals surface area contributed by atoms with Gasteiger partial charge in [-0.3, -0.25) is 9.69 Å². The van der Waals surface area contributed by atoms with Crippen LogP contribution in [0.4, 0.5) is 18.9 Å². The van der Waals surface area contributed by atoms with E-state index in [1.54, 1.807) is 23.1 Å². The molecule has 2 aromatic carbocycles. The SMILES string of the molecule is O=C(c1cccnc1Cl)N1C[C@@H](CN2CCN(c3ccccc3)CC2)[C@@H](c2cccc(C(F)(F)F)c2)C1. The molecule has 194 valence electrons. The Morgan fingerprint density at radius 2 is 1.70 bits per heavy atom. The van der Waals surface area contributed by atoms with Gasteiger partial charge in [0.1, 0.15) is 5.15 Å². The van der Waals surface area contributed by atoms with E-state index in [1.165, 1.54) is 24.0 Å². The highest BCUT2D eigenvalue weighted by Crippen LogP contribution is 2.38. The molecule has 5 nitrogen and oxygen atoms in total. The molecule has 3 aromatic rings. The Morgan fingerprint density at radius 3 is 2.41 bits per heavy atom. The summed E-state index contributed by atoms with van der Waals surface area (Å²) < 4.78 is 40.4. The van der Waals surface area contributed by atoms with Crippen molar-refractivity contribution in [3.63, 3.8) is 0 Å². The molecule has 3 heterocycles. The average molecular weight is 529 g/mol. The van der Waals surface area contributed by atoms with Gasteiger partial charge in [0, 0.05) is 63.6 Å². The minimum absolute atomic E-state index is 0.00819. The maximum atomic E-state index is 13.5. The lowest BCUT2D eigenvalue weighted by molar-refractivity contribution is -0.137. The van der Waals surface area contributed by atoms with Crippen molar-refractivity contribution in [3.05, 3.63) is 94.8 Å². The monoisotopic (exact) mass is 528 g/mol. The first kappa shape index (κ1) is 25.5. The number of nitrogens with zero attached hydrogens (tertiary/aromatic N) is 4. The van der Waals surface area contributed by atoms with Crippen LogP contribution in [0.15, 0.2) is 72.9 Å². The Morgan fingerprint density at radius 1 is 0.946 bits per heavy atom. The second-order valence-electron chi connectivity index (χ2n) is 9.66. The van der Waals surface area contributed by atoms with Crippen LogP contribution in [0, 0.1) is 5.92 Å². The number of amides is 1. The Kier molecular flexibility index (Phi) is 7.40. The molecule has 0 radical (unpaired) electrons. The lowest BCUT2D eigenvalue weighted by Crippen LogP contribution is -2.48. The lowest BCUT2D eigenvalue weighted by Gasteiger charge is -2.38. The number of aromatic nitrogens is 1. The zero-order chi connectivity index (χ0) is 26.0. The van der Waals surface area contributed by atoms with Crippen molar-refractivity contribution in [2.45, 2.75) is 12.1 Å². The van der Waals surface area contributed by atoms with Crippen LogP contribution in [0.2, 0.25) is 5.15 Å². The maximum absolute atomic E-state index is 13.5. The van der Waals surface area contributed by atoms with Crippen LogP contribution < -0.4 is 4.90 Å². The zero-order valence-electron chi connectivity index (χ0n) is 20.2. The number of piperazine rings is 1.